The zero-order chi connectivity index (χ0) is 13.5. The van der Waals surface area contributed by atoms with Crippen molar-refractivity contribution in [3.8, 4) is 0 Å². The Labute approximate surface area is 108 Å². The first-order chi connectivity index (χ1) is 8.50. The van der Waals surface area contributed by atoms with Crippen LogP contribution in [0, 0.1) is 0 Å². The molecule has 0 fully saturated rings. The molecule has 1 aromatic rings. The maximum atomic E-state index is 11.9. The van der Waals surface area contributed by atoms with Crippen molar-refractivity contribution in [2.45, 2.75) is 12.5 Å². The quantitative estimate of drug-likeness (QED) is 0.739. The van der Waals surface area contributed by atoms with E-state index in [0.717, 1.165) is 0 Å². The summed E-state index contributed by atoms with van der Waals surface area (Å²) in [7, 11) is 0. The maximum absolute atomic E-state index is 11.9. The highest BCUT2D eigenvalue weighted by Gasteiger charge is 2.16. The molecule has 18 heavy (non-hydrogen) atoms. The molecule has 0 aromatic heterocycles. The summed E-state index contributed by atoms with van der Waals surface area (Å²) in [6.45, 7) is -0.539. The summed E-state index contributed by atoms with van der Waals surface area (Å²) in [5.74, 6) is -0.426. The molecule has 0 aliphatic carbocycles. The van der Waals surface area contributed by atoms with Gasteiger partial charge in [-0.2, -0.15) is 0 Å². The topological polar surface area (TPSA) is 61.4 Å². The van der Waals surface area contributed by atoms with Gasteiger partial charge in [0.2, 0.25) is 5.91 Å². The number of rotatable bonds is 6. The van der Waals surface area contributed by atoms with Crippen LogP contribution in [-0.4, -0.2) is 36.6 Å². The third-order valence-corrected chi connectivity index (χ3v) is 2.41. The lowest BCUT2D eigenvalue weighted by atomic mass is 10.3. The van der Waals surface area contributed by atoms with Crippen molar-refractivity contribution >= 4 is 23.2 Å². The fourth-order valence-electron chi connectivity index (χ4n) is 1.18. The molecule has 1 rings (SSSR count). The van der Waals surface area contributed by atoms with Crippen LogP contribution in [0.3, 0.4) is 0 Å². The largest absolute Gasteiger partial charge is 0.386 e. The second-order valence-electron chi connectivity index (χ2n) is 3.56. The second-order valence-corrected chi connectivity index (χ2v) is 3.97. The van der Waals surface area contributed by atoms with Gasteiger partial charge in [-0.05, 0) is 12.1 Å². The second kappa shape index (κ2) is 7.25. The van der Waals surface area contributed by atoms with Gasteiger partial charge in [-0.1, -0.05) is 23.7 Å². The first-order valence-electron chi connectivity index (χ1n) is 5.22. The Morgan fingerprint density at radius 3 is 2.67 bits per heavy atom. The summed E-state index contributed by atoms with van der Waals surface area (Å²) in [4.78, 5) is 11.4. The number of para-hydroxylation sites is 1. The molecule has 0 saturated carbocycles. The van der Waals surface area contributed by atoms with Gasteiger partial charge in [-0.15, -0.1) is 0 Å². The van der Waals surface area contributed by atoms with Crippen LogP contribution in [0.25, 0.3) is 0 Å². The third-order valence-electron chi connectivity index (χ3n) is 2.08. The van der Waals surface area contributed by atoms with Crippen molar-refractivity contribution in [2.24, 2.45) is 0 Å². The summed E-state index contributed by atoms with van der Waals surface area (Å²) in [6, 6.07) is 6.66. The number of aliphatic hydroxyl groups is 1. The predicted octanol–water partition coefficient (Wildman–Crippen LogP) is 1.49. The maximum Gasteiger partial charge on any atom is 0.265 e. The molecule has 4 nitrogen and oxygen atoms in total. The van der Waals surface area contributed by atoms with Gasteiger partial charge >= 0.3 is 0 Å². The monoisotopic (exact) mass is 278 g/mol. The molecule has 1 amide bonds. The van der Waals surface area contributed by atoms with Gasteiger partial charge in [0.15, 0.2) is 0 Å². The van der Waals surface area contributed by atoms with Crippen molar-refractivity contribution in [1.29, 1.82) is 0 Å². The van der Waals surface area contributed by atoms with Crippen molar-refractivity contribution in [3.05, 3.63) is 29.3 Å². The highest BCUT2D eigenvalue weighted by atomic mass is 35.5. The van der Waals surface area contributed by atoms with Gasteiger partial charge < -0.3 is 15.7 Å². The fraction of sp³-hybridized carbons (Fsp3) is 0.364. The Hall–Kier alpha value is -1.24. The summed E-state index contributed by atoms with van der Waals surface area (Å²) in [5.41, 5.74) is 0.445. The van der Waals surface area contributed by atoms with E-state index in [1.807, 2.05) is 0 Å². The highest BCUT2D eigenvalue weighted by Crippen LogP contribution is 2.19. The zero-order valence-electron chi connectivity index (χ0n) is 9.37. The number of halogens is 3. The van der Waals surface area contributed by atoms with Crippen LogP contribution < -0.4 is 10.6 Å². The standard InChI is InChI=1S/C11H13ClF2N2O2/c12-7-3-1-2-4-8(7)16-10(18)6-15-5-9(17)11(13)14/h1-4,9,11,15,17H,5-6H2,(H,16,18). The third kappa shape index (κ3) is 4.95. The van der Waals surface area contributed by atoms with Gasteiger partial charge in [-0.3, -0.25) is 4.79 Å². The number of carbonyl (C=O) groups excluding carboxylic acids is 1. The van der Waals surface area contributed by atoms with Gasteiger partial charge in [0.05, 0.1) is 17.3 Å². The molecule has 1 aromatic carbocycles. The summed E-state index contributed by atoms with van der Waals surface area (Å²) in [6.07, 6.45) is -4.61. The lowest BCUT2D eigenvalue weighted by Gasteiger charge is -2.11. The Morgan fingerprint density at radius 2 is 2.06 bits per heavy atom. The van der Waals surface area contributed by atoms with Crippen LogP contribution >= 0.6 is 11.6 Å². The number of nitrogens with one attached hydrogen (secondary N) is 2. The van der Waals surface area contributed by atoms with Crippen LogP contribution in [-0.2, 0) is 4.79 Å². The molecule has 0 saturated heterocycles. The van der Waals surface area contributed by atoms with E-state index in [1.165, 1.54) is 0 Å². The number of hydrogen-bond donors (Lipinski definition) is 3. The first-order valence-corrected chi connectivity index (χ1v) is 5.60. The van der Waals surface area contributed by atoms with E-state index in [2.05, 4.69) is 10.6 Å². The van der Waals surface area contributed by atoms with Gasteiger partial charge in [0, 0.05) is 6.54 Å². The molecule has 0 spiro atoms. The number of anilines is 1. The van der Waals surface area contributed by atoms with Gasteiger partial charge in [0.25, 0.3) is 6.43 Å². The number of benzene rings is 1. The van der Waals surface area contributed by atoms with Crippen LogP contribution in [0.1, 0.15) is 0 Å². The molecule has 1 unspecified atom stereocenters. The van der Waals surface area contributed by atoms with Crippen LogP contribution in [0.4, 0.5) is 14.5 Å². The zero-order valence-corrected chi connectivity index (χ0v) is 10.1. The van der Waals surface area contributed by atoms with Crippen LogP contribution in [0.2, 0.25) is 5.02 Å². The van der Waals surface area contributed by atoms with Crippen LogP contribution in [0.15, 0.2) is 24.3 Å². The summed E-state index contributed by atoms with van der Waals surface area (Å²) >= 11 is 5.82. The minimum absolute atomic E-state index is 0.186. The number of hydrogen-bond acceptors (Lipinski definition) is 3. The Kier molecular flexibility index (Phi) is 5.97. The van der Waals surface area contributed by atoms with E-state index in [0.29, 0.717) is 10.7 Å². The molecule has 3 N–H and O–H groups in total. The predicted molar refractivity (Wildman–Crippen MR) is 65.0 cm³/mol. The Bertz CT molecular complexity index is 404. The van der Waals surface area contributed by atoms with Crippen molar-refractivity contribution in [3.63, 3.8) is 0 Å². The molecule has 1 atom stereocenters. The number of alkyl halides is 2. The van der Waals surface area contributed by atoms with Crippen LogP contribution in [0.5, 0.6) is 0 Å². The van der Waals surface area contributed by atoms with Crippen molar-refractivity contribution in [1.82, 2.24) is 5.32 Å². The molecule has 100 valence electrons. The van der Waals surface area contributed by atoms with E-state index < -0.39 is 18.4 Å². The molecule has 0 aliphatic heterocycles. The number of aliphatic hydroxyl groups excluding tert-OH is 1. The van der Waals surface area contributed by atoms with Crippen molar-refractivity contribution in [2.75, 3.05) is 18.4 Å². The van der Waals surface area contributed by atoms with E-state index in [-0.39, 0.29) is 13.1 Å². The molecule has 0 aliphatic rings. The molecule has 0 bridgehead atoms. The lowest BCUT2D eigenvalue weighted by molar-refractivity contribution is -0.115. The number of amides is 1. The van der Waals surface area contributed by atoms with E-state index in [4.69, 9.17) is 16.7 Å². The molecule has 0 radical (unpaired) electrons. The van der Waals surface area contributed by atoms with E-state index >= 15 is 0 Å². The minimum Gasteiger partial charge on any atom is -0.386 e. The normalized spacial score (nSPS) is 12.5. The molecule has 0 heterocycles. The summed E-state index contributed by atoms with van der Waals surface area (Å²) in [5, 5.41) is 14.1. The van der Waals surface area contributed by atoms with E-state index in [1.54, 1.807) is 24.3 Å². The smallest absolute Gasteiger partial charge is 0.265 e. The summed E-state index contributed by atoms with van der Waals surface area (Å²) < 4.78 is 23.9. The van der Waals surface area contributed by atoms with Crippen molar-refractivity contribution < 1.29 is 18.7 Å². The SMILES string of the molecule is O=C(CNCC(O)C(F)F)Nc1ccccc1Cl. The lowest BCUT2D eigenvalue weighted by Crippen LogP contribution is -2.36. The first kappa shape index (κ1) is 14.8. The fourth-order valence-corrected chi connectivity index (χ4v) is 1.36. The molecular weight excluding hydrogens is 266 g/mol. The Morgan fingerprint density at radius 1 is 1.39 bits per heavy atom. The number of carbonyl (C=O) groups is 1. The minimum atomic E-state index is -2.83. The van der Waals surface area contributed by atoms with Gasteiger partial charge in [-0.25, -0.2) is 8.78 Å². The highest BCUT2D eigenvalue weighted by molar-refractivity contribution is 6.33. The van der Waals surface area contributed by atoms with Gasteiger partial charge in [0.1, 0.15) is 6.10 Å². The molecule has 7 heteroatoms. The van der Waals surface area contributed by atoms with E-state index in [9.17, 15) is 13.6 Å². The average molecular weight is 279 g/mol. The average Bonchev–Trinajstić information content (AvgIpc) is 2.32. The molecular formula is C11H13ClF2N2O2. The Balaban J connectivity index is 2.33.